The van der Waals surface area contributed by atoms with Gasteiger partial charge in [0.2, 0.25) is 5.82 Å². The summed E-state index contributed by atoms with van der Waals surface area (Å²) in [5.74, 6) is 0.317. The summed E-state index contributed by atoms with van der Waals surface area (Å²) in [6, 6.07) is 14.5. The van der Waals surface area contributed by atoms with Crippen molar-refractivity contribution < 1.29 is 4.39 Å². The van der Waals surface area contributed by atoms with Crippen molar-refractivity contribution in [3.8, 4) is 11.4 Å². The van der Waals surface area contributed by atoms with Gasteiger partial charge in [0.05, 0.1) is 6.54 Å². The fourth-order valence-electron chi connectivity index (χ4n) is 2.11. The average Bonchev–Trinajstić information content (AvgIpc) is 2.96. The number of aryl methyl sites for hydroxylation is 1. The highest BCUT2D eigenvalue weighted by molar-refractivity contribution is 5.54. The number of hydrogen-bond acceptors (Lipinski definition) is 3. The van der Waals surface area contributed by atoms with Gasteiger partial charge < -0.3 is 0 Å². The summed E-state index contributed by atoms with van der Waals surface area (Å²) >= 11 is 0. The summed E-state index contributed by atoms with van der Waals surface area (Å²) in [5.41, 5.74) is 3.00. The Morgan fingerprint density at radius 1 is 1.05 bits per heavy atom. The quantitative estimate of drug-likeness (QED) is 0.738. The molecule has 0 aliphatic rings. The SMILES string of the molecule is CCc1ccc(-c2nnn(Cc3cccc(F)c3)n2)cc1. The molecule has 3 rings (SSSR count). The van der Waals surface area contributed by atoms with E-state index in [0.717, 1.165) is 17.5 Å². The first-order valence-electron chi connectivity index (χ1n) is 6.86. The second kappa shape index (κ2) is 5.83. The van der Waals surface area contributed by atoms with Gasteiger partial charge in [-0.2, -0.15) is 4.80 Å². The zero-order chi connectivity index (χ0) is 14.7. The van der Waals surface area contributed by atoms with Crippen LogP contribution in [0.4, 0.5) is 4.39 Å². The van der Waals surface area contributed by atoms with E-state index in [1.807, 2.05) is 18.2 Å². The molecule has 1 aromatic heterocycles. The molecule has 4 nitrogen and oxygen atoms in total. The molecule has 0 atom stereocenters. The van der Waals surface area contributed by atoms with Gasteiger partial charge in [-0.15, -0.1) is 10.2 Å². The smallest absolute Gasteiger partial charge is 0.204 e. The third kappa shape index (κ3) is 3.13. The Bertz CT molecular complexity index is 734. The van der Waals surface area contributed by atoms with E-state index in [0.29, 0.717) is 12.4 Å². The molecule has 0 radical (unpaired) electrons. The molecule has 0 unspecified atom stereocenters. The van der Waals surface area contributed by atoms with E-state index < -0.39 is 0 Å². The summed E-state index contributed by atoms with van der Waals surface area (Å²) in [4.78, 5) is 1.47. The normalized spacial score (nSPS) is 10.8. The fraction of sp³-hybridized carbons (Fsp3) is 0.188. The van der Waals surface area contributed by atoms with Crippen molar-refractivity contribution in [1.29, 1.82) is 0 Å². The number of rotatable bonds is 4. The minimum Gasteiger partial charge on any atom is -0.207 e. The van der Waals surface area contributed by atoms with Gasteiger partial charge in [-0.25, -0.2) is 4.39 Å². The predicted octanol–water partition coefficient (Wildman–Crippen LogP) is 3.09. The van der Waals surface area contributed by atoms with Crippen LogP contribution in [0.15, 0.2) is 48.5 Å². The van der Waals surface area contributed by atoms with Crippen LogP contribution in [0.2, 0.25) is 0 Å². The molecule has 0 spiro atoms. The molecule has 21 heavy (non-hydrogen) atoms. The fourth-order valence-corrected chi connectivity index (χ4v) is 2.11. The largest absolute Gasteiger partial charge is 0.207 e. The Kier molecular flexibility index (Phi) is 3.73. The standard InChI is InChI=1S/C16H15FN4/c1-2-12-6-8-14(9-7-12)16-18-20-21(19-16)11-13-4-3-5-15(17)10-13/h3-10H,2,11H2,1H3. The molecule has 5 heteroatoms. The number of halogens is 1. The summed E-state index contributed by atoms with van der Waals surface area (Å²) < 4.78 is 13.1. The Labute approximate surface area is 122 Å². The van der Waals surface area contributed by atoms with Crippen molar-refractivity contribution in [1.82, 2.24) is 20.2 Å². The molecule has 0 saturated carbocycles. The van der Waals surface area contributed by atoms with Crippen molar-refractivity contribution in [2.24, 2.45) is 0 Å². The highest BCUT2D eigenvalue weighted by Crippen LogP contribution is 2.15. The van der Waals surface area contributed by atoms with Gasteiger partial charge in [0.25, 0.3) is 0 Å². The van der Waals surface area contributed by atoms with E-state index in [1.165, 1.54) is 22.5 Å². The van der Waals surface area contributed by atoms with Gasteiger partial charge in [0.15, 0.2) is 0 Å². The third-order valence-corrected chi connectivity index (χ3v) is 3.29. The summed E-state index contributed by atoms with van der Waals surface area (Å²) in [6.45, 7) is 2.51. The van der Waals surface area contributed by atoms with Crippen LogP contribution in [0.3, 0.4) is 0 Å². The molecular weight excluding hydrogens is 267 g/mol. The Morgan fingerprint density at radius 3 is 2.57 bits per heavy atom. The van der Waals surface area contributed by atoms with Crippen LogP contribution in [-0.4, -0.2) is 20.2 Å². The second-order valence-corrected chi connectivity index (χ2v) is 4.82. The zero-order valence-corrected chi connectivity index (χ0v) is 11.7. The Balaban J connectivity index is 1.79. The summed E-state index contributed by atoms with van der Waals surface area (Å²) in [5, 5.41) is 12.4. The molecule has 0 aliphatic heterocycles. The topological polar surface area (TPSA) is 43.6 Å². The van der Waals surface area contributed by atoms with Crippen LogP contribution in [0.25, 0.3) is 11.4 Å². The lowest BCUT2D eigenvalue weighted by atomic mass is 10.1. The Hall–Kier alpha value is -2.56. The summed E-state index contributed by atoms with van der Waals surface area (Å²) in [6.07, 6.45) is 1.000. The van der Waals surface area contributed by atoms with Gasteiger partial charge >= 0.3 is 0 Å². The molecule has 0 bridgehead atoms. The van der Waals surface area contributed by atoms with E-state index in [4.69, 9.17) is 0 Å². The van der Waals surface area contributed by atoms with Crippen LogP contribution in [-0.2, 0) is 13.0 Å². The lowest BCUT2D eigenvalue weighted by Gasteiger charge is -1.99. The van der Waals surface area contributed by atoms with Gasteiger partial charge in [0.1, 0.15) is 5.82 Å². The molecule has 2 aromatic carbocycles. The molecule has 1 heterocycles. The van der Waals surface area contributed by atoms with E-state index in [-0.39, 0.29) is 5.82 Å². The third-order valence-electron chi connectivity index (χ3n) is 3.29. The second-order valence-electron chi connectivity index (χ2n) is 4.82. The van der Waals surface area contributed by atoms with Crippen LogP contribution < -0.4 is 0 Å². The van der Waals surface area contributed by atoms with Crippen molar-refractivity contribution in [2.75, 3.05) is 0 Å². The highest BCUT2D eigenvalue weighted by atomic mass is 19.1. The van der Waals surface area contributed by atoms with Crippen molar-refractivity contribution >= 4 is 0 Å². The van der Waals surface area contributed by atoms with Crippen LogP contribution in [0.5, 0.6) is 0 Å². The molecule has 106 valence electrons. The average molecular weight is 282 g/mol. The molecule has 0 aliphatic carbocycles. The van der Waals surface area contributed by atoms with Crippen LogP contribution >= 0.6 is 0 Å². The van der Waals surface area contributed by atoms with E-state index in [1.54, 1.807) is 6.07 Å². The maximum atomic E-state index is 13.1. The molecule has 0 fully saturated rings. The highest BCUT2D eigenvalue weighted by Gasteiger charge is 2.06. The Morgan fingerprint density at radius 2 is 1.86 bits per heavy atom. The number of benzene rings is 2. The van der Waals surface area contributed by atoms with Crippen LogP contribution in [0.1, 0.15) is 18.1 Å². The van der Waals surface area contributed by atoms with Gasteiger partial charge in [-0.3, -0.25) is 0 Å². The monoisotopic (exact) mass is 282 g/mol. The van der Waals surface area contributed by atoms with Crippen molar-refractivity contribution in [3.05, 3.63) is 65.5 Å². The number of tetrazole rings is 1. The minimum absolute atomic E-state index is 0.261. The lowest BCUT2D eigenvalue weighted by molar-refractivity contribution is 0.567. The zero-order valence-electron chi connectivity index (χ0n) is 11.7. The maximum Gasteiger partial charge on any atom is 0.204 e. The van der Waals surface area contributed by atoms with Crippen molar-refractivity contribution in [3.63, 3.8) is 0 Å². The van der Waals surface area contributed by atoms with E-state index in [2.05, 4.69) is 34.5 Å². The molecule has 0 N–H and O–H groups in total. The number of aromatic nitrogens is 4. The maximum absolute atomic E-state index is 13.1. The van der Waals surface area contributed by atoms with Crippen LogP contribution in [0, 0.1) is 5.82 Å². The molecule has 0 amide bonds. The summed E-state index contributed by atoms with van der Waals surface area (Å²) in [7, 11) is 0. The first kappa shape index (κ1) is 13.4. The lowest BCUT2D eigenvalue weighted by Crippen LogP contribution is -2.04. The van der Waals surface area contributed by atoms with Gasteiger partial charge in [-0.1, -0.05) is 43.3 Å². The molecular formula is C16H15FN4. The minimum atomic E-state index is -0.261. The van der Waals surface area contributed by atoms with E-state index >= 15 is 0 Å². The van der Waals surface area contributed by atoms with Gasteiger partial charge in [0, 0.05) is 5.56 Å². The van der Waals surface area contributed by atoms with Gasteiger partial charge in [-0.05, 0) is 34.9 Å². The first-order chi connectivity index (χ1) is 10.2. The number of nitrogens with zero attached hydrogens (tertiary/aromatic N) is 4. The number of hydrogen-bond donors (Lipinski definition) is 0. The van der Waals surface area contributed by atoms with Crippen molar-refractivity contribution in [2.45, 2.75) is 19.9 Å². The first-order valence-corrected chi connectivity index (χ1v) is 6.86. The predicted molar refractivity (Wildman–Crippen MR) is 78.1 cm³/mol. The molecule has 0 saturated heterocycles. The van der Waals surface area contributed by atoms with E-state index in [9.17, 15) is 4.39 Å². The molecule has 3 aromatic rings.